The number of halogens is 1. The summed E-state index contributed by atoms with van der Waals surface area (Å²) in [5.41, 5.74) is 1.76. The minimum Gasteiger partial charge on any atom is -0.455 e. The molecule has 0 aliphatic heterocycles. The second-order valence-electron chi connectivity index (χ2n) is 7.08. The molecule has 1 aliphatic carbocycles. The highest BCUT2D eigenvalue weighted by molar-refractivity contribution is 6.31. The van der Waals surface area contributed by atoms with Gasteiger partial charge in [-0.3, -0.25) is 9.59 Å². The van der Waals surface area contributed by atoms with Crippen LogP contribution in [0.5, 0.6) is 11.5 Å². The summed E-state index contributed by atoms with van der Waals surface area (Å²) in [6, 6.07) is 21.2. The zero-order chi connectivity index (χ0) is 20.2. The van der Waals surface area contributed by atoms with Gasteiger partial charge in [-0.25, -0.2) is 0 Å². The minimum absolute atomic E-state index is 0.00725. The standard InChI is InChI=1S/C24H20ClNO3/c25-19-11-14-22(21(15-19)26-24(28)18-7-4-8-18)29-20-12-9-17(10-13-20)23(27)16-5-2-1-3-6-16/h1-3,5-6,9-15,18H,4,7-8H2,(H,26,28). The van der Waals surface area contributed by atoms with Crippen molar-refractivity contribution in [2.45, 2.75) is 19.3 Å². The lowest BCUT2D eigenvalue weighted by Crippen LogP contribution is -2.28. The van der Waals surface area contributed by atoms with Gasteiger partial charge < -0.3 is 10.1 Å². The van der Waals surface area contributed by atoms with Crippen molar-refractivity contribution in [3.63, 3.8) is 0 Å². The second kappa shape index (κ2) is 8.50. The molecule has 0 radical (unpaired) electrons. The van der Waals surface area contributed by atoms with Gasteiger partial charge in [0.25, 0.3) is 0 Å². The number of nitrogens with one attached hydrogen (secondary N) is 1. The Balaban J connectivity index is 1.50. The van der Waals surface area contributed by atoms with E-state index in [1.807, 2.05) is 18.2 Å². The third-order valence-corrected chi connectivity index (χ3v) is 5.29. The first-order valence-electron chi connectivity index (χ1n) is 9.58. The van der Waals surface area contributed by atoms with Crippen LogP contribution in [0.2, 0.25) is 5.02 Å². The fourth-order valence-electron chi connectivity index (χ4n) is 3.15. The van der Waals surface area contributed by atoms with E-state index in [0.29, 0.717) is 33.3 Å². The number of rotatable bonds is 6. The van der Waals surface area contributed by atoms with Crippen LogP contribution in [-0.2, 0) is 4.79 Å². The minimum atomic E-state index is -0.0444. The number of amides is 1. The Hall–Kier alpha value is -3.11. The monoisotopic (exact) mass is 405 g/mol. The predicted octanol–water partition coefficient (Wildman–Crippen LogP) is 6.10. The summed E-state index contributed by atoms with van der Waals surface area (Å²) in [6.45, 7) is 0. The molecule has 1 amide bonds. The van der Waals surface area contributed by atoms with E-state index in [1.54, 1.807) is 54.6 Å². The lowest BCUT2D eigenvalue weighted by molar-refractivity contribution is -0.122. The van der Waals surface area contributed by atoms with Gasteiger partial charge in [0, 0.05) is 22.1 Å². The number of carbonyl (C=O) groups excluding carboxylic acids is 2. The summed E-state index contributed by atoms with van der Waals surface area (Å²) in [7, 11) is 0. The number of carbonyl (C=O) groups is 2. The van der Waals surface area contributed by atoms with Crippen LogP contribution in [0.1, 0.15) is 35.2 Å². The van der Waals surface area contributed by atoms with Gasteiger partial charge in [0.15, 0.2) is 11.5 Å². The maximum Gasteiger partial charge on any atom is 0.227 e. The molecule has 0 spiro atoms. The number of anilines is 1. The molecule has 4 rings (SSSR count). The van der Waals surface area contributed by atoms with Crippen LogP contribution in [0.15, 0.2) is 72.8 Å². The third kappa shape index (κ3) is 4.49. The van der Waals surface area contributed by atoms with Crippen molar-refractivity contribution in [2.24, 2.45) is 5.92 Å². The molecule has 0 saturated heterocycles. The molecule has 0 unspecified atom stereocenters. The Morgan fingerprint density at radius 3 is 2.24 bits per heavy atom. The summed E-state index contributed by atoms with van der Waals surface area (Å²) < 4.78 is 5.95. The number of hydrogen-bond donors (Lipinski definition) is 1. The molecular weight excluding hydrogens is 386 g/mol. The molecule has 0 heterocycles. The molecule has 5 heteroatoms. The van der Waals surface area contributed by atoms with E-state index < -0.39 is 0 Å². The normalized spacial score (nSPS) is 13.4. The average molecular weight is 406 g/mol. The number of ether oxygens (including phenoxy) is 1. The lowest BCUT2D eigenvalue weighted by Gasteiger charge is -2.24. The van der Waals surface area contributed by atoms with Gasteiger partial charge in [0.1, 0.15) is 5.75 Å². The van der Waals surface area contributed by atoms with E-state index >= 15 is 0 Å². The number of ketones is 1. The zero-order valence-corrected chi connectivity index (χ0v) is 16.5. The van der Waals surface area contributed by atoms with Gasteiger partial charge in [-0.05, 0) is 55.3 Å². The predicted molar refractivity (Wildman–Crippen MR) is 114 cm³/mol. The highest BCUT2D eigenvalue weighted by Crippen LogP contribution is 2.34. The Morgan fingerprint density at radius 1 is 0.897 bits per heavy atom. The van der Waals surface area contributed by atoms with Crippen LogP contribution in [0.25, 0.3) is 0 Å². The Labute approximate surface area is 174 Å². The van der Waals surface area contributed by atoms with E-state index in [4.69, 9.17) is 16.3 Å². The van der Waals surface area contributed by atoms with Crippen LogP contribution in [0.4, 0.5) is 5.69 Å². The van der Waals surface area contributed by atoms with E-state index in [-0.39, 0.29) is 17.6 Å². The molecule has 3 aromatic rings. The molecule has 29 heavy (non-hydrogen) atoms. The van der Waals surface area contributed by atoms with Crippen molar-refractivity contribution in [3.05, 3.63) is 88.9 Å². The van der Waals surface area contributed by atoms with Crippen LogP contribution >= 0.6 is 11.6 Å². The van der Waals surface area contributed by atoms with E-state index in [9.17, 15) is 9.59 Å². The first-order chi connectivity index (χ1) is 14.1. The smallest absolute Gasteiger partial charge is 0.227 e. The average Bonchev–Trinajstić information content (AvgIpc) is 2.69. The summed E-state index contributed by atoms with van der Waals surface area (Å²) in [6.07, 6.45) is 2.92. The lowest BCUT2D eigenvalue weighted by atomic mass is 9.85. The highest BCUT2D eigenvalue weighted by atomic mass is 35.5. The molecule has 0 atom stereocenters. The van der Waals surface area contributed by atoms with Gasteiger partial charge in [0.2, 0.25) is 5.91 Å². The molecule has 1 N–H and O–H groups in total. The summed E-state index contributed by atoms with van der Waals surface area (Å²) >= 11 is 6.10. The Morgan fingerprint density at radius 2 is 1.59 bits per heavy atom. The van der Waals surface area contributed by atoms with Crippen LogP contribution in [-0.4, -0.2) is 11.7 Å². The topological polar surface area (TPSA) is 55.4 Å². The van der Waals surface area contributed by atoms with Gasteiger partial charge in [-0.15, -0.1) is 0 Å². The largest absolute Gasteiger partial charge is 0.455 e. The summed E-state index contributed by atoms with van der Waals surface area (Å²) in [4.78, 5) is 24.8. The van der Waals surface area contributed by atoms with E-state index in [2.05, 4.69) is 5.32 Å². The maximum atomic E-state index is 12.5. The quantitative estimate of drug-likeness (QED) is 0.504. The van der Waals surface area contributed by atoms with Crippen molar-refractivity contribution < 1.29 is 14.3 Å². The number of hydrogen-bond acceptors (Lipinski definition) is 3. The Kier molecular flexibility index (Phi) is 5.63. The van der Waals surface area contributed by atoms with Gasteiger partial charge >= 0.3 is 0 Å². The molecule has 1 fully saturated rings. The van der Waals surface area contributed by atoms with Crippen molar-refractivity contribution in [2.75, 3.05) is 5.32 Å². The molecule has 1 saturated carbocycles. The van der Waals surface area contributed by atoms with Gasteiger partial charge in [0.05, 0.1) is 5.69 Å². The van der Waals surface area contributed by atoms with Crippen molar-refractivity contribution in [3.8, 4) is 11.5 Å². The Bertz CT molecular complexity index is 1030. The van der Waals surface area contributed by atoms with Crippen LogP contribution < -0.4 is 10.1 Å². The molecule has 146 valence electrons. The summed E-state index contributed by atoms with van der Waals surface area (Å²) in [5, 5.41) is 3.44. The van der Waals surface area contributed by atoms with Crippen LogP contribution in [0, 0.1) is 5.92 Å². The van der Waals surface area contributed by atoms with E-state index in [1.165, 1.54) is 0 Å². The third-order valence-electron chi connectivity index (χ3n) is 5.06. The highest BCUT2D eigenvalue weighted by Gasteiger charge is 2.26. The van der Waals surface area contributed by atoms with Crippen molar-refractivity contribution in [1.82, 2.24) is 0 Å². The molecule has 1 aliphatic rings. The molecule has 4 nitrogen and oxygen atoms in total. The maximum absolute atomic E-state index is 12.5. The fraction of sp³-hybridized carbons (Fsp3) is 0.167. The first-order valence-corrected chi connectivity index (χ1v) is 9.96. The molecule has 0 aromatic heterocycles. The van der Waals surface area contributed by atoms with Gasteiger partial charge in [-0.1, -0.05) is 48.4 Å². The van der Waals surface area contributed by atoms with E-state index in [0.717, 1.165) is 19.3 Å². The van der Waals surface area contributed by atoms with Crippen molar-refractivity contribution >= 4 is 29.0 Å². The number of benzene rings is 3. The molecule has 0 bridgehead atoms. The van der Waals surface area contributed by atoms with Crippen LogP contribution in [0.3, 0.4) is 0 Å². The molecular formula is C24H20ClNO3. The SMILES string of the molecule is O=C(c1ccccc1)c1ccc(Oc2ccc(Cl)cc2NC(=O)C2CCC2)cc1. The first kappa shape index (κ1) is 19.2. The second-order valence-corrected chi connectivity index (χ2v) is 7.52. The zero-order valence-electron chi connectivity index (χ0n) is 15.7. The molecule has 3 aromatic carbocycles. The van der Waals surface area contributed by atoms with Gasteiger partial charge in [-0.2, -0.15) is 0 Å². The fourth-order valence-corrected chi connectivity index (χ4v) is 3.32. The summed E-state index contributed by atoms with van der Waals surface area (Å²) in [5.74, 6) is 1.08. The van der Waals surface area contributed by atoms with Crippen molar-refractivity contribution in [1.29, 1.82) is 0 Å².